The van der Waals surface area contributed by atoms with Gasteiger partial charge in [-0.05, 0) is 0 Å². The zero-order valence-corrected chi connectivity index (χ0v) is 17.2. The van der Waals surface area contributed by atoms with Crippen molar-refractivity contribution >= 4 is 19.8 Å². The molecule has 0 aromatic heterocycles. The van der Waals surface area contributed by atoms with E-state index >= 15 is 0 Å². The number of hydrogen-bond donors (Lipinski definition) is 0. The summed E-state index contributed by atoms with van der Waals surface area (Å²) in [6.07, 6.45) is 24.3. The van der Waals surface area contributed by atoms with Gasteiger partial charge in [-0.25, -0.2) is 0 Å². The van der Waals surface area contributed by atoms with Gasteiger partial charge in [-0.15, -0.1) is 0 Å². The molecule has 3 fully saturated rings. The molecule has 0 nitrogen and oxygen atoms in total. The van der Waals surface area contributed by atoms with E-state index in [2.05, 4.69) is 0 Å². The van der Waals surface area contributed by atoms with Crippen molar-refractivity contribution in [2.75, 3.05) is 0 Å². The second-order valence-corrected chi connectivity index (χ2v) is 19.1. The van der Waals surface area contributed by atoms with Crippen molar-refractivity contribution in [2.45, 2.75) is 108 Å². The summed E-state index contributed by atoms with van der Waals surface area (Å²) in [6.45, 7) is 0. The maximum atomic E-state index is 1.67. The third-order valence-corrected chi connectivity index (χ3v) is 21.6. The molecule has 3 aliphatic rings. The standard InChI is InChI=1S/3C6H11.CH3.Sn.H/c3*1-2-4-6-5-3-1;;;/h3*1H,2-6H2;1H3;;. The van der Waals surface area contributed by atoms with Gasteiger partial charge in [0.2, 0.25) is 0 Å². The Morgan fingerprint density at radius 3 is 0.900 bits per heavy atom. The first kappa shape index (κ1) is 17.2. The van der Waals surface area contributed by atoms with Crippen LogP contribution in [-0.4, -0.2) is 19.8 Å². The van der Waals surface area contributed by atoms with Gasteiger partial charge < -0.3 is 0 Å². The molecule has 0 atom stereocenters. The molecule has 0 aliphatic heterocycles. The third kappa shape index (κ3) is 4.40. The van der Waals surface area contributed by atoms with Gasteiger partial charge in [0.1, 0.15) is 0 Å². The first-order valence-corrected chi connectivity index (χ1v) is 15.2. The average molecular weight is 384 g/mol. The van der Waals surface area contributed by atoms with Crippen LogP contribution in [0.2, 0.25) is 11.8 Å². The molecule has 3 saturated carbocycles. The summed E-state index contributed by atoms with van der Waals surface area (Å²) in [5.41, 5.74) is 0. The van der Waals surface area contributed by atoms with E-state index in [0.717, 1.165) is 0 Å². The van der Waals surface area contributed by atoms with Gasteiger partial charge in [0.15, 0.2) is 0 Å². The molecule has 3 rings (SSSR count). The topological polar surface area (TPSA) is 0 Å². The Hall–Kier alpha value is 0.799. The largest absolute Gasteiger partial charge is 0.0683 e. The molecule has 0 spiro atoms. The van der Waals surface area contributed by atoms with Gasteiger partial charge in [0, 0.05) is 0 Å². The first-order valence-electron chi connectivity index (χ1n) is 9.45. The third-order valence-electron chi connectivity index (χ3n) is 6.58. The Morgan fingerprint density at radius 2 is 0.650 bits per heavy atom. The zero-order chi connectivity index (χ0) is 12.9. The van der Waals surface area contributed by atoms with Crippen LogP contribution in [0.3, 0.4) is 0 Å². The Labute approximate surface area is 135 Å². The summed E-state index contributed by atoms with van der Waals surface area (Å²) in [5.74, 6) is 0. The second-order valence-electron chi connectivity index (χ2n) is 7.77. The molecule has 117 valence electrons. The number of rotatable bonds is 3. The first-order chi connectivity index (χ1) is 9.45. The maximum absolute atomic E-state index is 1.67. The van der Waals surface area contributed by atoms with E-state index < -0.39 is 19.8 Å². The van der Waals surface area contributed by atoms with Crippen LogP contribution < -0.4 is 0 Å². The van der Waals surface area contributed by atoms with E-state index in [1.54, 1.807) is 96.3 Å². The minimum Gasteiger partial charge on any atom is -0.0683 e. The van der Waals surface area contributed by atoms with Crippen LogP contribution in [0.5, 0.6) is 0 Å². The predicted octanol–water partition coefficient (Wildman–Crippen LogP) is 6.67. The van der Waals surface area contributed by atoms with Gasteiger partial charge in [-0.3, -0.25) is 0 Å². The fourth-order valence-electron chi connectivity index (χ4n) is 5.71. The van der Waals surface area contributed by atoms with E-state index in [0.29, 0.717) is 0 Å². The van der Waals surface area contributed by atoms with Crippen molar-refractivity contribution in [1.29, 1.82) is 0 Å². The summed E-state index contributed by atoms with van der Waals surface area (Å²) in [7, 11) is 0. The monoisotopic (exact) mass is 385 g/mol. The van der Waals surface area contributed by atoms with Crippen LogP contribution in [0, 0.1) is 7.43 Å². The quantitative estimate of drug-likeness (QED) is 0.477. The SMILES string of the molecule is C1CC[CH]([SnH]([CH]2CCCCC2)[CH]2CCCCC2)CC1.[CH3]. The van der Waals surface area contributed by atoms with Gasteiger partial charge >= 0.3 is 128 Å². The van der Waals surface area contributed by atoms with Gasteiger partial charge in [-0.1, -0.05) is 7.43 Å². The van der Waals surface area contributed by atoms with Crippen molar-refractivity contribution in [1.82, 2.24) is 0 Å². The van der Waals surface area contributed by atoms with Crippen molar-refractivity contribution in [2.24, 2.45) is 0 Å². The summed E-state index contributed by atoms with van der Waals surface area (Å²) in [5, 5.41) is 0. The van der Waals surface area contributed by atoms with Crippen LogP contribution >= 0.6 is 0 Å². The van der Waals surface area contributed by atoms with E-state index in [1.165, 1.54) is 11.8 Å². The molecule has 0 N–H and O–H groups in total. The van der Waals surface area contributed by atoms with Gasteiger partial charge in [0.05, 0.1) is 0 Å². The van der Waals surface area contributed by atoms with Crippen LogP contribution in [0.1, 0.15) is 96.3 Å². The zero-order valence-electron chi connectivity index (χ0n) is 13.9. The summed E-state index contributed by atoms with van der Waals surface area (Å²) in [4.78, 5) is 0. The molecule has 0 aromatic rings. The summed E-state index contributed by atoms with van der Waals surface area (Å²) < 4.78 is 4.00. The van der Waals surface area contributed by atoms with E-state index in [4.69, 9.17) is 0 Å². The Bertz CT molecular complexity index is 202. The van der Waals surface area contributed by atoms with E-state index in [1.807, 2.05) is 0 Å². The van der Waals surface area contributed by atoms with E-state index in [-0.39, 0.29) is 7.43 Å². The van der Waals surface area contributed by atoms with Crippen LogP contribution in [0.25, 0.3) is 0 Å². The van der Waals surface area contributed by atoms with Gasteiger partial charge in [-0.2, -0.15) is 0 Å². The van der Waals surface area contributed by atoms with Crippen molar-refractivity contribution in [3.63, 3.8) is 0 Å². The van der Waals surface area contributed by atoms with Crippen LogP contribution in [0.15, 0.2) is 0 Å². The molecule has 0 bridgehead atoms. The van der Waals surface area contributed by atoms with Gasteiger partial charge in [0.25, 0.3) is 0 Å². The fourth-order valence-corrected chi connectivity index (χ4v) is 22.9. The predicted molar refractivity (Wildman–Crippen MR) is 94.1 cm³/mol. The molecule has 0 heterocycles. The normalized spacial score (nSPS) is 27.4. The molecular formula is C19H37Sn. The molecule has 1 heteroatoms. The fraction of sp³-hybridized carbons (Fsp3) is 0.947. The smallest absolute Gasteiger partial charge is 0.0683 e. The van der Waals surface area contributed by atoms with Crippen molar-refractivity contribution in [3.8, 4) is 0 Å². The van der Waals surface area contributed by atoms with E-state index in [9.17, 15) is 0 Å². The molecule has 1 radical (unpaired) electrons. The molecule has 0 saturated heterocycles. The Balaban J connectivity index is 0.00000147. The molecule has 0 amide bonds. The van der Waals surface area contributed by atoms with Crippen molar-refractivity contribution in [3.05, 3.63) is 7.43 Å². The second kappa shape index (κ2) is 9.05. The van der Waals surface area contributed by atoms with Crippen LogP contribution in [0.4, 0.5) is 0 Å². The summed E-state index contributed by atoms with van der Waals surface area (Å²) in [6, 6.07) is 0. The Morgan fingerprint density at radius 1 is 0.400 bits per heavy atom. The Kier molecular flexibility index (Phi) is 7.77. The van der Waals surface area contributed by atoms with Crippen molar-refractivity contribution < 1.29 is 0 Å². The average Bonchev–Trinajstić information content (AvgIpc) is 2.51. The van der Waals surface area contributed by atoms with Crippen LogP contribution in [-0.2, 0) is 0 Å². The maximum Gasteiger partial charge on any atom is -0.0683 e. The molecule has 3 aliphatic carbocycles. The molecular weight excluding hydrogens is 347 g/mol. The molecule has 0 unspecified atom stereocenters. The minimum atomic E-state index is -1.31. The minimum absolute atomic E-state index is 0. The molecule has 0 aromatic carbocycles. The summed E-state index contributed by atoms with van der Waals surface area (Å²) >= 11 is -1.31. The molecule has 20 heavy (non-hydrogen) atoms. The number of hydrogen-bond acceptors (Lipinski definition) is 0.